The zero-order valence-corrected chi connectivity index (χ0v) is 11.8. The van der Waals surface area contributed by atoms with Crippen molar-refractivity contribution in [1.29, 1.82) is 5.26 Å². The van der Waals surface area contributed by atoms with Gasteiger partial charge in [-0.25, -0.2) is 0 Å². The molecule has 0 spiro atoms. The van der Waals surface area contributed by atoms with Gasteiger partial charge in [0, 0.05) is 19.1 Å². The van der Waals surface area contributed by atoms with E-state index < -0.39 is 0 Å². The molecule has 1 rings (SSSR count). The third kappa shape index (κ3) is 4.66. The molecule has 0 aromatic carbocycles. The lowest BCUT2D eigenvalue weighted by Crippen LogP contribution is -2.42. The van der Waals surface area contributed by atoms with E-state index in [2.05, 4.69) is 26.8 Å². The minimum Gasteiger partial charge on any atom is -0.338 e. The fourth-order valence-corrected chi connectivity index (χ4v) is 2.27. The zero-order valence-electron chi connectivity index (χ0n) is 11.8. The van der Waals surface area contributed by atoms with Crippen molar-refractivity contribution in [2.75, 3.05) is 13.1 Å². The quantitative estimate of drug-likeness (QED) is 0.783. The van der Waals surface area contributed by atoms with Crippen LogP contribution in [0.2, 0.25) is 0 Å². The molecule has 2 N–H and O–H groups in total. The lowest BCUT2D eigenvalue weighted by atomic mass is 9.84. The highest BCUT2D eigenvalue weighted by atomic mass is 16.2. The summed E-state index contributed by atoms with van der Waals surface area (Å²) in [5, 5.41) is 8.67. The summed E-state index contributed by atoms with van der Waals surface area (Å²) in [4.78, 5) is 14.4. The Morgan fingerprint density at radius 1 is 1.50 bits per heavy atom. The molecule has 0 saturated heterocycles. The number of nitrogens with two attached hydrogens (primary N) is 1. The van der Waals surface area contributed by atoms with Crippen molar-refractivity contribution in [2.45, 2.75) is 52.5 Å². The van der Waals surface area contributed by atoms with Crippen LogP contribution >= 0.6 is 0 Å². The fraction of sp³-hybridized carbons (Fsp3) is 0.857. The molecule has 0 aromatic heterocycles. The molecule has 0 radical (unpaired) electrons. The van der Waals surface area contributed by atoms with Gasteiger partial charge >= 0.3 is 0 Å². The first kappa shape index (κ1) is 15.0. The summed E-state index contributed by atoms with van der Waals surface area (Å²) in [6, 6.07) is 2.48. The molecule has 0 aliphatic heterocycles. The summed E-state index contributed by atoms with van der Waals surface area (Å²) in [5.41, 5.74) is 5.86. The van der Waals surface area contributed by atoms with Crippen LogP contribution in [0, 0.1) is 22.7 Å². The Balaban J connectivity index is 2.64. The van der Waals surface area contributed by atoms with Crippen LogP contribution < -0.4 is 5.73 Å². The summed E-state index contributed by atoms with van der Waals surface area (Å²) in [6.07, 6.45) is 3.36. The second-order valence-corrected chi connectivity index (χ2v) is 6.37. The van der Waals surface area contributed by atoms with Crippen molar-refractivity contribution >= 4 is 5.91 Å². The molecule has 1 fully saturated rings. The molecule has 0 heterocycles. The summed E-state index contributed by atoms with van der Waals surface area (Å²) < 4.78 is 0. The van der Waals surface area contributed by atoms with E-state index >= 15 is 0 Å². The number of carbonyl (C=O) groups is 1. The van der Waals surface area contributed by atoms with Gasteiger partial charge in [-0.05, 0) is 24.7 Å². The van der Waals surface area contributed by atoms with Crippen LogP contribution in [0.5, 0.6) is 0 Å². The van der Waals surface area contributed by atoms with Gasteiger partial charge in [-0.2, -0.15) is 5.26 Å². The maximum atomic E-state index is 12.5. The Labute approximate surface area is 110 Å². The second-order valence-electron chi connectivity index (χ2n) is 6.37. The van der Waals surface area contributed by atoms with Gasteiger partial charge in [-0.3, -0.25) is 4.79 Å². The van der Waals surface area contributed by atoms with Gasteiger partial charge in [0.2, 0.25) is 5.91 Å². The molecule has 4 nitrogen and oxygen atoms in total. The SMILES string of the molecule is CC(C)(C)CC(CN)C(=O)N(CCC#N)C1CC1. The summed E-state index contributed by atoms with van der Waals surface area (Å²) in [5.74, 6) is 0.0365. The number of nitrogens with zero attached hydrogens (tertiary/aromatic N) is 2. The molecule has 1 amide bonds. The van der Waals surface area contributed by atoms with Gasteiger partial charge in [-0.1, -0.05) is 20.8 Å². The maximum Gasteiger partial charge on any atom is 0.227 e. The van der Waals surface area contributed by atoms with E-state index in [9.17, 15) is 4.79 Å². The van der Waals surface area contributed by atoms with Crippen molar-refractivity contribution < 1.29 is 4.79 Å². The molecule has 1 saturated carbocycles. The first-order valence-electron chi connectivity index (χ1n) is 6.76. The average Bonchev–Trinajstić information content (AvgIpc) is 3.09. The van der Waals surface area contributed by atoms with Crippen LogP contribution in [0.1, 0.15) is 46.5 Å². The number of rotatable bonds is 6. The third-order valence-corrected chi connectivity index (χ3v) is 3.23. The van der Waals surface area contributed by atoms with Crippen LogP contribution in [0.25, 0.3) is 0 Å². The standard InChI is InChI=1S/C14H25N3O/c1-14(2,3)9-11(10-16)13(18)17(8-4-7-15)12-5-6-12/h11-12H,4-6,8-10,16H2,1-3H3. The molecule has 4 heteroatoms. The molecule has 1 aliphatic rings. The van der Waals surface area contributed by atoms with Gasteiger partial charge < -0.3 is 10.6 Å². The summed E-state index contributed by atoms with van der Waals surface area (Å²) in [6.45, 7) is 7.32. The molecule has 102 valence electrons. The van der Waals surface area contributed by atoms with E-state index in [4.69, 9.17) is 11.0 Å². The zero-order chi connectivity index (χ0) is 13.8. The first-order chi connectivity index (χ1) is 8.39. The minimum atomic E-state index is -0.107. The number of nitriles is 1. The molecule has 1 unspecified atom stereocenters. The van der Waals surface area contributed by atoms with Crippen LogP contribution in [0.4, 0.5) is 0 Å². The highest BCUT2D eigenvalue weighted by molar-refractivity contribution is 5.79. The van der Waals surface area contributed by atoms with Gasteiger partial charge in [-0.15, -0.1) is 0 Å². The van der Waals surface area contributed by atoms with Crippen molar-refractivity contribution in [2.24, 2.45) is 17.1 Å². The largest absolute Gasteiger partial charge is 0.338 e. The maximum absolute atomic E-state index is 12.5. The Hall–Kier alpha value is -1.08. The molecule has 1 aliphatic carbocycles. The minimum absolute atomic E-state index is 0.101. The number of amides is 1. The van der Waals surface area contributed by atoms with E-state index in [0.29, 0.717) is 25.6 Å². The van der Waals surface area contributed by atoms with Gasteiger partial charge in [0.25, 0.3) is 0 Å². The summed E-state index contributed by atoms with van der Waals surface area (Å²) >= 11 is 0. The van der Waals surface area contributed by atoms with E-state index in [1.165, 1.54) is 0 Å². The molecular formula is C14H25N3O. The van der Waals surface area contributed by atoms with Crippen molar-refractivity contribution in [3.8, 4) is 6.07 Å². The highest BCUT2D eigenvalue weighted by Gasteiger charge is 2.36. The van der Waals surface area contributed by atoms with Crippen LogP contribution in [0.15, 0.2) is 0 Å². The average molecular weight is 251 g/mol. The molecular weight excluding hydrogens is 226 g/mol. The van der Waals surface area contributed by atoms with Crippen LogP contribution in [0.3, 0.4) is 0 Å². The predicted octanol–water partition coefficient (Wildman–Crippen LogP) is 1.90. The highest BCUT2D eigenvalue weighted by Crippen LogP contribution is 2.31. The number of hydrogen-bond donors (Lipinski definition) is 1. The third-order valence-electron chi connectivity index (χ3n) is 3.23. The van der Waals surface area contributed by atoms with Gasteiger partial charge in [0.15, 0.2) is 0 Å². The Morgan fingerprint density at radius 3 is 2.50 bits per heavy atom. The summed E-state index contributed by atoms with van der Waals surface area (Å²) in [7, 11) is 0. The normalized spacial score (nSPS) is 17.1. The van der Waals surface area contributed by atoms with Gasteiger partial charge in [0.05, 0.1) is 18.4 Å². The second kappa shape index (κ2) is 6.19. The lowest BCUT2D eigenvalue weighted by molar-refractivity contribution is -0.136. The van der Waals surface area contributed by atoms with E-state index in [1.807, 2.05) is 4.90 Å². The first-order valence-corrected chi connectivity index (χ1v) is 6.76. The van der Waals surface area contributed by atoms with Crippen molar-refractivity contribution in [3.63, 3.8) is 0 Å². The van der Waals surface area contributed by atoms with E-state index in [0.717, 1.165) is 19.3 Å². The topological polar surface area (TPSA) is 70.1 Å². The molecule has 18 heavy (non-hydrogen) atoms. The molecule has 0 bridgehead atoms. The smallest absolute Gasteiger partial charge is 0.227 e. The van der Waals surface area contributed by atoms with Crippen molar-refractivity contribution in [1.82, 2.24) is 4.90 Å². The Kier molecular flexibility index (Phi) is 5.15. The van der Waals surface area contributed by atoms with Crippen LogP contribution in [-0.2, 0) is 4.79 Å². The predicted molar refractivity (Wildman–Crippen MR) is 71.6 cm³/mol. The monoisotopic (exact) mass is 251 g/mol. The molecule has 0 aromatic rings. The Bertz CT molecular complexity index is 323. The number of hydrogen-bond acceptors (Lipinski definition) is 3. The van der Waals surface area contributed by atoms with Crippen LogP contribution in [-0.4, -0.2) is 29.9 Å². The number of carbonyl (C=O) groups excluding carboxylic acids is 1. The fourth-order valence-electron chi connectivity index (χ4n) is 2.27. The van der Waals surface area contributed by atoms with Gasteiger partial charge in [0.1, 0.15) is 0 Å². The van der Waals surface area contributed by atoms with E-state index in [1.54, 1.807) is 0 Å². The lowest BCUT2D eigenvalue weighted by Gasteiger charge is -2.30. The van der Waals surface area contributed by atoms with Crippen molar-refractivity contribution in [3.05, 3.63) is 0 Å². The Morgan fingerprint density at radius 2 is 2.11 bits per heavy atom. The van der Waals surface area contributed by atoms with E-state index in [-0.39, 0.29) is 17.2 Å². The molecule has 1 atom stereocenters.